The lowest BCUT2D eigenvalue weighted by Gasteiger charge is -2.40. The molecule has 0 aromatic carbocycles. The van der Waals surface area contributed by atoms with E-state index in [4.69, 9.17) is 0 Å². The lowest BCUT2D eigenvalue weighted by atomic mass is 9.73. The number of hydrogen-bond donors (Lipinski definition) is 1. The Morgan fingerprint density at radius 1 is 0.833 bits per heavy atom. The first kappa shape index (κ1) is 14.4. The molecule has 18 heavy (non-hydrogen) atoms. The molecule has 2 fully saturated rings. The minimum Gasteiger partial charge on any atom is -0.311 e. The van der Waals surface area contributed by atoms with Crippen molar-refractivity contribution in [3.8, 4) is 0 Å². The van der Waals surface area contributed by atoms with Crippen LogP contribution in [0.1, 0.15) is 84.5 Å². The fraction of sp³-hybridized carbons (Fsp3) is 1.00. The molecule has 0 aromatic rings. The highest BCUT2D eigenvalue weighted by atomic mass is 15.0. The van der Waals surface area contributed by atoms with E-state index in [1.807, 2.05) is 0 Å². The zero-order valence-electron chi connectivity index (χ0n) is 12.6. The van der Waals surface area contributed by atoms with E-state index in [1.54, 1.807) is 0 Å². The maximum Gasteiger partial charge on any atom is 0.0126 e. The molecule has 0 aliphatic heterocycles. The fourth-order valence-corrected chi connectivity index (χ4v) is 4.09. The highest BCUT2D eigenvalue weighted by molar-refractivity contribution is 4.87. The Bertz CT molecular complexity index is 196. The first-order valence-electron chi connectivity index (χ1n) is 8.57. The lowest BCUT2D eigenvalue weighted by molar-refractivity contribution is 0.161. The molecule has 0 bridgehead atoms. The molecule has 2 rings (SSSR count). The average Bonchev–Trinajstić information content (AvgIpc) is 2.46. The second kappa shape index (κ2) is 7.53. The summed E-state index contributed by atoms with van der Waals surface area (Å²) in [5, 5.41) is 4.01. The second-order valence-electron chi connectivity index (χ2n) is 6.80. The molecule has 2 aliphatic rings. The van der Waals surface area contributed by atoms with E-state index in [9.17, 15) is 0 Å². The van der Waals surface area contributed by atoms with E-state index in [-0.39, 0.29) is 0 Å². The van der Waals surface area contributed by atoms with Crippen LogP contribution < -0.4 is 5.32 Å². The number of nitrogens with one attached hydrogen (secondary N) is 1. The third-order valence-corrected chi connectivity index (χ3v) is 5.40. The molecule has 0 saturated heterocycles. The van der Waals surface area contributed by atoms with Gasteiger partial charge in [-0.15, -0.1) is 0 Å². The van der Waals surface area contributed by atoms with Crippen molar-refractivity contribution in [3.05, 3.63) is 0 Å². The number of rotatable bonds is 5. The zero-order valence-corrected chi connectivity index (χ0v) is 12.6. The maximum atomic E-state index is 4.01. The van der Waals surface area contributed by atoms with E-state index in [0.29, 0.717) is 6.04 Å². The van der Waals surface area contributed by atoms with E-state index in [1.165, 1.54) is 70.6 Å². The van der Waals surface area contributed by atoms with Gasteiger partial charge in [0.05, 0.1) is 0 Å². The molecular formula is C17H33N. The van der Waals surface area contributed by atoms with Crippen LogP contribution in [0.2, 0.25) is 0 Å². The Morgan fingerprint density at radius 2 is 1.28 bits per heavy atom. The van der Waals surface area contributed by atoms with Crippen LogP contribution in [0.3, 0.4) is 0 Å². The summed E-state index contributed by atoms with van der Waals surface area (Å²) >= 11 is 0. The summed E-state index contributed by atoms with van der Waals surface area (Å²) in [6.07, 6.45) is 16.1. The molecule has 0 radical (unpaired) electrons. The van der Waals surface area contributed by atoms with E-state index in [0.717, 1.165) is 17.9 Å². The Balaban J connectivity index is 1.95. The van der Waals surface area contributed by atoms with Gasteiger partial charge in [-0.2, -0.15) is 0 Å². The molecule has 1 atom stereocenters. The molecule has 0 spiro atoms. The van der Waals surface area contributed by atoms with Crippen LogP contribution >= 0.6 is 0 Å². The monoisotopic (exact) mass is 251 g/mol. The largest absolute Gasteiger partial charge is 0.311 e. The van der Waals surface area contributed by atoms with Crippen molar-refractivity contribution in [1.82, 2.24) is 5.32 Å². The van der Waals surface area contributed by atoms with Crippen molar-refractivity contribution < 1.29 is 0 Å². The van der Waals surface area contributed by atoms with Gasteiger partial charge in [-0.25, -0.2) is 0 Å². The standard InChI is InChI=1S/C17H33N/c1-3-14(2)18-17(15-10-6-4-7-11-15)16-12-8-5-9-13-16/h14-18H,3-13H2,1-2H3. The summed E-state index contributed by atoms with van der Waals surface area (Å²) in [6.45, 7) is 4.69. The third-order valence-electron chi connectivity index (χ3n) is 5.40. The van der Waals surface area contributed by atoms with Crippen molar-refractivity contribution in [1.29, 1.82) is 0 Å². The molecule has 1 nitrogen and oxygen atoms in total. The van der Waals surface area contributed by atoms with Crippen LogP contribution in [-0.4, -0.2) is 12.1 Å². The molecule has 106 valence electrons. The van der Waals surface area contributed by atoms with Gasteiger partial charge in [0.1, 0.15) is 0 Å². The lowest BCUT2D eigenvalue weighted by Crippen LogP contribution is -2.47. The normalized spacial score (nSPS) is 25.5. The topological polar surface area (TPSA) is 12.0 Å². The van der Waals surface area contributed by atoms with Crippen LogP contribution in [0.25, 0.3) is 0 Å². The number of hydrogen-bond acceptors (Lipinski definition) is 1. The third kappa shape index (κ3) is 3.98. The molecule has 1 N–H and O–H groups in total. The van der Waals surface area contributed by atoms with Gasteiger partial charge in [-0.05, 0) is 50.9 Å². The van der Waals surface area contributed by atoms with Crippen LogP contribution in [0, 0.1) is 11.8 Å². The molecule has 2 saturated carbocycles. The van der Waals surface area contributed by atoms with Crippen molar-refractivity contribution in [2.24, 2.45) is 11.8 Å². The van der Waals surface area contributed by atoms with Gasteiger partial charge < -0.3 is 5.32 Å². The Hall–Kier alpha value is -0.0400. The summed E-state index contributed by atoms with van der Waals surface area (Å²) in [5.74, 6) is 1.96. The van der Waals surface area contributed by atoms with Crippen molar-refractivity contribution in [2.45, 2.75) is 96.6 Å². The molecule has 1 heteroatoms. The smallest absolute Gasteiger partial charge is 0.0126 e. The van der Waals surface area contributed by atoms with Crippen LogP contribution in [0.15, 0.2) is 0 Å². The van der Waals surface area contributed by atoms with Crippen molar-refractivity contribution in [2.75, 3.05) is 0 Å². The first-order chi connectivity index (χ1) is 8.81. The molecular weight excluding hydrogens is 218 g/mol. The van der Waals surface area contributed by atoms with Crippen LogP contribution in [0.5, 0.6) is 0 Å². The second-order valence-corrected chi connectivity index (χ2v) is 6.80. The van der Waals surface area contributed by atoms with Gasteiger partial charge in [-0.3, -0.25) is 0 Å². The quantitative estimate of drug-likeness (QED) is 0.732. The Labute approximate surface area is 114 Å². The average molecular weight is 251 g/mol. The van der Waals surface area contributed by atoms with Gasteiger partial charge in [0, 0.05) is 12.1 Å². The molecule has 1 unspecified atom stereocenters. The maximum absolute atomic E-state index is 4.01. The van der Waals surface area contributed by atoms with Crippen LogP contribution in [-0.2, 0) is 0 Å². The summed E-state index contributed by atoms with van der Waals surface area (Å²) in [5.41, 5.74) is 0. The highest BCUT2D eigenvalue weighted by Gasteiger charge is 2.31. The molecule has 0 heterocycles. The zero-order chi connectivity index (χ0) is 12.8. The first-order valence-corrected chi connectivity index (χ1v) is 8.57. The van der Waals surface area contributed by atoms with Gasteiger partial charge >= 0.3 is 0 Å². The minimum absolute atomic E-state index is 0.707. The van der Waals surface area contributed by atoms with Gasteiger partial charge in [-0.1, -0.05) is 45.4 Å². The van der Waals surface area contributed by atoms with E-state index < -0.39 is 0 Å². The summed E-state index contributed by atoms with van der Waals surface area (Å²) < 4.78 is 0. The van der Waals surface area contributed by atoms with E-state index in [2.05, 4.69) is 19.2 Å². The van der Waals surface area contributed by atoms with Gasteiger partial charge in [0.2, 0.25) is 0 Å². The van der Waals surface area contributed by atoms with Gasteiger partial charge in [0.15, 0.2) is 0 Å². The van der Waals surface area contributed by atoms with Crippen LogP contribution in [0.4, 0.5) is 0 Å². The van der Waals surface area contributed by atoms with Crippen molar-refractivity contribution in [3.63, 3.8) is 0 Å². The minimum atomic E-state index is 0.707. The highest BCUT2D eigenvalue weighted by Crippen LogP contribution is 2.35. The van der Waals surface area contributed by atoms with E-state index >= 15 is 0 Å². The molecule has 0 aromatic heterocycles. The molecule has 0 amide bonds. The van der Waals surface area contributed by atoms with Crippen molar-refractivity contribution >= 4 is 0 Å². The predicted octanol–water partition coefficient (Wildman–Crippen LogP) is 4.90. The predicted molar refractivity (Wildman–Crippen MR) is 79.8 cm³/mol. The Kier molecular flexibility index (Phi) is 6.01. The Morgan fingerprint density at radius 3 is 1.67 bits per heavy atom. The molecule has 2 aliphatic carbocycles. The van der Waals surface area contributed by atoms with Gasteiger partial charge in [0.25, 0.3) is 0 Å². The summed E-state index contributed by atoms with van der Waals surface area (Å²) in [7, 11) is 0. The fourth-order valence-electron chi connectivity index (χ4n) is 4.09. The summed E-state index contributed by atoms with van der Waals surface area (Å²) in [6, 6.07) is 1.54. The summed E-state index contributed by atoms with van der Waals surface area (Å²) in [4.78, 5) is 0. The SMILES string of the molecule is CCC(C)NC(C1CCCCC1)C1CCCCC1.